The Bertz CT molecular complexity index is 1190. The highest BCUT2D eigenvalue weighted by Crippen LogP contribution is 2.29. The van der Waals surface area contributed by atoms with Crippen molar-refractivity contribution in [2.24, 2.45) is 5.92 Å². The fourth-order valence-corrected chi connectivity index (χ4v) is 5.27. The molecule has 1 saturated heterocycles. The van der Waals surface area contributed by atoms with E-state index in [1.165, 1.54) is 47.6 Å². The maximum Gasteiger partial charge on any atom is 0.309 e. The molecule has 0 spiro atoms. The second-order valence-electron chi connectivity index (χ2n) is 7.96. The van der Waals surface area contributed by atoms with Crippen molar-refractivity contribution in [2.75, 3.05) is 18.4 Å². The van der Waals surface area contributed by atoms with E-state index >= 15 is 0 Å². The van der Waals surface area contributed by atoms with Crippen LogP contribution in [0.5, 0.6) is 0 Å². The van der Waals surface area contributed by atoms with E-state index in [0.717, 1.165) is 6.07 Å². The molecule has 1 atom stereocenters. The zero-order chi connectivity index (χ0) is 25.0. The third-order valence-electron chi connectivity index (χ3n) is 5.56. The topological polar surface area (TPSA) is 136 Å². The summed E-state index contributed by atoms with van der Waals surface area (Å²) in [7, 11) is -3.99. The Labute approximate surface area is 195 Å². The van der Waals surface area contributed by atoms with Crippen LogP contribution in [-0.4, -0.2) is 48.7 Å². The standard InChI is InChI=1S/C22H24FN3O7S/c1-14-3-8-19(26(29)30)13-20(14)34(31,32)25-11-9-16(10-12-25)22(28)33-15(2)21(27)24-18-6-4-17(23)5-7-18/h3-8,13,15-16H,9-12H2,1-2H3,(H,24,27)/t15-/m0/s1. The van der Waals surface area contributed by atoms with Crippen LogP contribution in [-0.2, 0) is 24.3 Å². The van der Waals surface area contributed by atoms with Crippen molar-refractivity contribution in [3.05, 3.63) is 64.0 Å². The molecule has 0 unspecified atom stereocenters. The molecule has 1 N–H and O–H groups in total. The largest absolute Gasteiger partial charge is 0.452 e. The average molecular weight is 494 g/mol. The minimum atomic E-state index is -3.99. The number of carbonyl (C=O) groups excluding carboxylic acids is 2. The zero-order valence-corrected chi connectivity index (χ0v) is 19.4. The number of halogens is 1. The predicted molar refractivity (Wildman–Crippen MR) is 120 cm³/mol. The van der Waals surface area contributed by atoms with E-state index in [9.17, 15) is 32.5 Å². The van der Waals surface area contributed by atoms with E-state index in [-0.39, 0.29) is 36.5 Å². The molecule has 0 radical (unpaired) electrons. The molecular formula is C22H24FN3O7S. The van der Waals surface area contributed by atoms with Gasteiger partial charge in [-0.2, -0.15) is 4.31 Å². The van der Waals surface area contributed by atoms with E-state index in [4.69, 9.17) is 4.74 Å². The van der Waals surface area contributed by atoms with Crippen LogP contribution in [0, 0.1) is 28.8 Å². The maximum absolute atomic E-state index is 13.0. The van der Waals surface area contributed by atoms with Crippen LogP contribution in [0.1, 0.15) is 25.3 Å². The van der Waals surface area contributed by atoms with Gasteiger partial charge in [-0.1, -0.05) is 6.07 Å². The maximum atomic E-state index is 13.0. The third-order valence-corrected chi connectivity index (χ3v) is 7.60. The molecule has 0 aliphatic carbocycles. The molecule has 182 valence electrons. The monoisotopic (exact) mass is 493 g/mol. The number of sulfonamides is 1. The average Bonchev–Trinajstić information content (AvgIpc) is 2.80. The van der Waals surface area contributed by atoms with Crippen LogP contribution in [0.4, 0.5) is 15.8 Å². The van der Waals surface area contributed by atoms with Crippen LogP contribution in [0.25, 0.3) is 0 Å². The van der Waals surface area contributed by atoms with Gasteiger partial charge in [-0.15, -0.1) is 0 Å². The van der Waals surface area contributed by atoms with Crippen LogP contribution >= 0.6 is 0 Å². The van der Waals surface area contributed by atoms with E-state index < -0.39 is 44.7 Å². The van der Waals surface area contributed by atoms with Crippen molar-refractivity contribution < 1.29 is 32.1 Å². The molecule has 12 heteroatoms. The van der Waals surface area contributed by atoms with Gasteiger partial charge in [0.15, 0.2) is 6.10 Å². The second kappa shape index (κ2) is 10.3. The van der Waals surface area contributed by atoms with Crippen molar-refractivity contribution >= 4 is 33.3 Å². The number of esters is 1. The number of piperidine rings is 1. The molecule has 2 aromatic rings. The Morgan fingerprint density at radius 2 is 1.79 bits per heavy atom. The van der Waals surface area contributed by atoms with Crippen molar-refractivity contribution in [3.63, 3.8) is 0 Å². The Hall–Kier alpha value is -3.38. The fourth-order valence-electron chi connectivity index (χ4n) is 3.55. The van der Waals surface area contributed by atoms with E-state index in [2.05, 4.69) is 5.32 Å². The van der Waals surface area contributed by atoms with Gasteiger partial charge in [0.2, 0.25) is 10.0 Å². The molecule has 1 aliphatic rings. The molecule has 1 aliphatic heterocycles. The van der Waals surface area contributed by atoms with Gasteiger partial charge in [0.05, 0.1) is 15.7 Å². The van der Waals surface area contributed by atoms with Crippen LogP contribution < -0.4 is 5.32 Å². The summed E-state index contributed by atoms with van der Waals surface area (Å²) in [4.78, 5) is 35.0. The first-order chi connectivity index (χ1) is 16.0. The van der Waals surface area contributed by atoms with Crippen LogP contribution in [0.3, 0.4) is 0 Å². The molecule has 0 aromatic heterocycles. The van der Waals surface area contributed by atoms with Crippen molar-refractivity contribution in [1.82, 2.24) is 4.31 Å². The molecule has 2 aromatic carbocycles. The summed E-state index contributed by atoms with van der Waals surface area (Å²) in [6, 6.07) is 8.78. The van der Waals surface area contributed by atoms with E-state index in [1.807, 2.05) is 0 Å². The number of nitrogens with one attached hydrogen (secondary N) is 1. The van der Waals surface area contributed by atoms with Gasteiger partial charge >= 0.3 is 5.97 Å². The van der Waals surface area contributed by atoms with Gasteiger partial charge in [-0.3, -0.25) is 19.7 Å². The molecule has 1 amide bonds. The van der Waals surface area contributed by atoms with Crippen molar-refractivity contribution in [1.29, 1.82) is 0 Å². The Kier molecular flexibility index (Phi) is 7.62. The molecule has 1 fully saturated rings. The number of aryl methyl sites for hydroxylation is 1. The number of non-ortho nitro benzene ring substituents is 1. The molecular weight excluding hydrogens is 469 g/mol. The van der Waals surface area contributed by atoms with Gasteiger partial charge in [0.25, 0.3) is 11.6 Å². The number of nitro groups is 1. The number of carbonyl (C=O) groups is 2. The minimum absolute atomic E-state index is 0.0282. The van der Waals surface area contributed by atoms with E-state index in [1.54, 1.807) is 6.92 Å². The van der Waals surface area contributed by atoms with Crippen molar-refractivity contribution in [3.8, 4) is 0 Å². The number of nitrogens with zero attached hydrogens (tertiary/aromatic N) is 2. The first-order valence-corrected chi connectivity index (χ1v) is 11.9. The number of amides is 1. The summed E-state index contributed by atoms with van der Waals surface area (Å²) in [6.45, 7) is 3.02. The minimum Gasteiger partial charge on any atom is -0.452 e. The lowest BCUT2D eigenvalue weighted by Crippen LogP contribution is -2.42. The number of benzene rings is 2. The normalized spacial score (nSPS) is 16.0. The number of nitro benzene ring substituents is 1. The first kappa shape index (κ1) is 25.2. The zero-order valence-electron chi connectivity index (χ0n) is 18.6. The number of anilines is 1. The van der Waals surface area contributed by atoms with Gasteiger partial charge in [0.1, 0.15) is 5.82 Å². The smallest absolute Gasteiger partial charge is 0.309 e. The lowest BCUT2D eigenvalue weighted by Gasteiger charge is -2.30. The number of hydrogen-bond acceptors (Lipinski definition) is 7. The summed E-state index contributed by atoms with van der Waals surface area (Å²) in [5.41, 5.74) is 0.410. The quantitative estimate of drug-likeness (QED) is 0.356. The van der Waals surface area contributed by atoms with E-state index in [0.29, 0.717) is 11.3 Å². The lowest BCUT2D eigenvalue weighted by atomic mass is 9.98. The van der Waals surface area contributed by atoms with Crippen LogP contribution in [0.2, 0.25) is 0 Å². The van der Waals surface area contributed by atoms with Gasteiger partial charge < -0.3 is 10.1 Å². The van der Waals surface area contributed by atoms with Crippen molar-refractivity contribution in [2.45, 2.75) is 37.7 Å². The summed E-state index contributed by atoms with van der Waals surface area (Å²) in [6.07, 6.45) is -0.747. The highest BCUT2D eigenvalue weighted by Gasteiger charge is 2.35. The number of ether oxygens (including phenoxy) is 1. The molecule has 34 heavy (non-hydrogen) atoms. The Balaban J connectivity index is 1.58. The molecule has 10 nitrogen and oxygen atoms in total. The first-order valence-electron chi connectivity index (χ1n) is 10.5. The molecule has 0 saturated carbocycles. The van der Waals surface area contributed by atoms with Gasteiger partial charge in [-0.05, 0) is 56.5 Å². The van der Waals surface area contributed by atoms with Gasteiger partial charge in [0, 0.05) is 30.9 Å². The SMILES string of the molecule is Cc1ccc([N+](=O)[O-])cc1S(=O)(=O)N1CCC(C(=O)O[C@@H](C)C(=O)Nc2ccc(F)cc2)CC1. The predicted octanol–water partition coefficient (Wildman–Crippen LogP) is 3.01. The van der Waals surface area contributed by atoms with Gasteiger partial charge in [-0.25, -0.2) is 12.8 Å². The fraction of sp³-hybridized carbons (Fsp3) is 0.364. The number of hydrogen-bond donors (Lipinski definition) is 1. The molecule has 1 heterocycles. The molecule has 3 rings (SSSR count). The highest BCUT2D eigenvalue weighted by atomic mass is 32.2. The summed E-state index contributed by atoms with van der Waals surface area (Å²) < 4.78 is 45.5. The molecule has 0 bridgehead atoms. The number of rotatable bonds is 7. The summed E-state index contributed by atoms with van der Waals surface area (Å²) >= 11 is 0. The second-order valence-corrected chi connectivity index (χ2v) is 9.87. The van der Waals surface area contributed by atoms with Crippen LogP contribution in [0.15, 0.2) is 47.4 Å². The summed E-state index contributed by atoms with van der Waals surface area (Å²) in [5, 5.41) is 13.6. The Morgan fingerprint density at radius 3 is 2.38 bits per heavy atom. The summed E-state index contributed by atoms with van der Waals surface area (Å²) in [5.74, 6) is -2.25. The third kappa shape index (κ3) is 5.75. The lowest BCUT2D eigenvalue weighted by molar-refractivity contribution is -0.385. The highest BCUT2D eigenvalue weighted by molar-refractivity contribution is 7.89. The Morgan fingerprint density at radius 1 is 1.18 bits per heavy atom.